The van der Waals surface area contributed by atoms with E-state index in [9.17, 15) is 0 Å². The van der Waals surface area contributed by atoms with Crippen LogP contribution in [0.1, 0.15) is 19.4 Å². The Balaban J connectivity index is 0.000000424. The normalized spacial score (nSPS) is 8.85. The number of rotatable bonds is 2. The van der Waals surface area contributed by atoms with Crippen LogP contribution in [-0.2, 0) is 11.2 Å². The quantitative estimate of drug-likeness (QED) is 0.710. The Kier molecular flexibility index (Phi) is 6.60. The Bertz CT molecular complexity index is 217. The van der Waals surface area contributed by atoms with Crippen LogP contribution in [0.5, 0.6) is 0 Å². The molecule has 2 nitrogen and oxygen atoms in total. The molecule has 1 aromatic rings. The molecule has 2 heteroatoms. The second kappa shape index (κ2) is 7.35. The van der Waals surface area contributed by atoms with Crippen LogP contribution in [0.2, 0.25) is 0 Å². The summed E-state index contributed by atoms with van der Waals surface area (Å²) < 4.78 is 0. The van der Waals surface area contributed by atoms with Crippen LogP contribution in [0.25, 0.3) is 0 Å². The van der Waals surface area contributed by atoms with E-state index < -0.39 is 0 Å². The average Bonchev–Trinajstić information content (AvgIpc) is 2.06. The Hall–Kier alpha value is -1.31. The first-order chi connectivity index (χ1) is 6.20. The molecule has 1 rings (SSSR count). The van der Waals surface area contributed by atoms with Crippen LogP contribution in [0.3, 0.4) is 0 Å². The highest BCUT2D eigenvalue weighted by atomic mass is 16.3. The van der Waals surface area contributed by atoms with E-state index in [2.05, 4.69) is 44.2 Å². The first kappa shape index (κ1) is 11.7. The first-order valence-corrected chi connectivity index (χ1v) is 4.32. The molecule has 0 radical (unpaired) electrons. The van der Waals surface area contributed by atoms with Crippen LogP contribution in [0.15, 0.2) is 30.3 Å². The number of hydrogen-bond acceptors (Lipinski definition) is 1. The molecule has 0 heterocycles. The predicted molar refractivity (Wildman–Crippen MR) is 53.7 cm³/mol. The molecule has 0 amide bonds. The molecule has 0 spiro atoms. The monoisotopic (exact) mass is 180 g/mol. The van der Waals surface area contributed by atoms with Crippen molar-refractivity contribution in [3.8, 4) is 0 Å². The lowest BCUT2D eigenvalue weighted by Crippen LogP contribution is -1.92. The summed E-state index contributed by atoms with van der Waals surface area (Å²) in [5.41, 5.74) is 1.44. The van der Waals surface area contributed by atoms with Gasteiger partial charge in [0.15, 0.2) is 0 Å². The number of hydrogen-bond donors (Lipinski definition) is 1. The van der Waals surface area contributed by atoms with Gasteiger partial charge < -0.3 is 5.11 Å². The van der Waals surface area contributed by atoms with Gasteiger partial charge in [-0.15, -0.1) is 0 Å². The predicted octanol–water partition coefficient (Wildman–Crippen LogP) is 2.59. The molecular formula is C11H16O2. The van der Waals surface area contributed by atoms with E-state index in [1.165, 1.54) is 12.0 Å². The van der Waals surface area contributed by atoms with Crippen molar-refractivity contribution >= 4 is 6.47 Å². The van der Waals surface area contributed by atoms with Crippen LogP contribution in [0, 0.1) is 5.92 Å². The third-order valence-electron chi connectivity index (χ3n) is 1.49. The van der Waals surface area contributed by atoms with Gasteiger partial charge in [0.05, 0.1) is 0 Å². The van der Waals surface area contributed by atoms with Gasteiger partial charge in [-0.25, -0.2) is 0 Å². The van der Waals surface area contributed by atoms with Gasteiger partial charge in [-0.05, 0) is 17.9 Å². The lowest BCUT2D eigenvalue weighted by molar-refractivity contribution is -0.122. The first-order valence-electron chi connectivity index (χ1n) is 4.32. The van der Waals surface area contributed by atoms with Gasteiger partial charge in [-0.3, -0.25) is 4.79 Å². The lowest BCUT2D eigenvalue weighted by atomic mass is 10.0. The molecule has 72 valence electrons. The molecule has 1 aromatic carbocycles. The maximum Gasteiger partial charge on any atom is 0.290 e. The third kappa shape index (κ3) is 7.06. The molecule has 0 saturated heterocycles. The van der Waals surface area contributed by atoms with E-state index in [-0.39, 0.29) is 6.47 Å². The minimum absolute atomic E-state index is 0.250. The molecule has 0 aromatic heterocycles. The largest absolute Gasteiger partial charge is 0.483 e. The van der Waals surface area contributed by atoms with Gasteiger partial charge in [-0.1, -0.05) is 44.2 Å². The van der Waals surface area contributed by atoms with Crippen molar-refractivity contribution < 1.29 is 9.90 Å². The van der Waals surface area contributed by atoms with Crippen molar-refractivity contribution in [3.63, 3.8) is 0 Å². The summed E-state index contributed by atoms with van der Waals surface area (Å²) in [5, 5.41) is 6.89. The molecule has 0 aliphatic heterocycles. The Morgan fingerprint density at radius 3 is 2.15 bits per heavy atom. The molecule has 1 N–H and O–H groups in total. The summed E-state index contributed by atoms with van der Waals surface area (Å²) in [6, 6.07) is 10.6. The second-order valence-electron chi connectivity index (χ2n) is 3.19. The number of carboxylic acid groups (broad SMARTS) is 1. The third-order valence-corrected chi connectivity index (χ3v) is 1.49. The fourth-order valence-electron chi connectivity index (χ4n) is 1.09. The molecule has 0 bridgehead atoms. The lowest BCUT2D eigenvalue weighted by Gasteiger charge is -2.02. The number of benzene rings is 1. The topological polar surface area (TPSA) is 37.3 Å². The van der Waals surface area contributed by atoms with Crippen LogP contribution in [0.4, 0.5) is 0 Å². The highest BCUT2D eigenvalue weighted by molar-refractivity contribution is 5.32. The van der Waals surface area contributed by atoms with E-state index >= 15 is 0 Å². The fraction of sp³-hybridized carbons (Fsp3) is 0.364. The summed E-state index contributed by atoms with van der Waals surface area (Å²) in [6.45, 7) is 4.24. The van der Waals surface area contributed by atoms with E-state index in [1.54, 1.807) is 0 Å². The molecule has 0 aliphatic carbocycles. The fourth-order valence-corrected chi connectivity index (χ4v) is 1.09. The van der Waals surface area contributed by atoms with Crippen molar-refractivity contribution in [1.82, 2.24) is 0 Å². The Labute approximate surface area is 79.2 Å². The zero-order chi connectivity index (χ0) is 10.1. The maximum atomic E-state index is 8.36. The summed E-state index contributed by atoms with van der Waals surface area (Å²) in [5.74, 6) is 0.766. The minimum Gasteiger partial charge on any atom is -0.483 e. The van der Waals surface area contributed by atoms with Gasteiger partial charge in [0, 0.05) is 0 Å². The average molecular weight is 180 g/mol. The Morgan fingerprint density at radius 1 is 1.31 bits per heavy atom. The van der Waals surface area contributed by atoms with Crippen molar-refractivity contribution in [1.29, 1.82) is 0 Å². The molecule has 0 atom stereocenters. The van der Waals surface area contributed by atoms with Crippen LogP contribution in [-0.4, -0.2) is 11.6 Å². The molecule has 0 fully saturated rings. The summed E-state index contributed by atoms with van der Waals surface area (Å²) >= 11 is 0. The van der Waals surface area contributed by atoms with E-state index in [4.69, 9.17) is 9.90 Å². The van der Waals surface area contributed by atoms with Gasteiger partial charge in [0.1, 0.15) is 0 Å². The zero-order valence-corrected chi connectivity index (χ0v) is 8.10. The summed E-state index contributed by atoms with van der Waals surface area (Å²) in [6.07, 6.45) is 1.20. The second-order valence-corrected chi connectivity index (χ2v) is 3.19. The highest BCUT2D eigenvalue weighted by Gasteiger charge is 1.94. The molecule has 0 unspecified atom stereocenters. The SMILES string of the molecule is CC(C)Cc1ccccc1.O=CO. The zero-order valence-electron chi connectivity index (χ0n) is 8.10. The smallest absolute Gasteiger partial charge is 0.290 e. The van der Waals surface area contributed by atoms with Crippen molar-refractivity contribution in [2.45, 2.75) is 20.3 Å². The van der Waals surface area contributed by atoms with Crippen molar-refractivity contribution in [2.75, 3.05) is 0 Å². The summed E-state index contributed by atoms with van der Waals surface area (Å²) in [7, 11) is 0. The molecule has 13 heavy (non-hydrogen) atoms. The van der Waals surface area contributed by atoms with Crippen LogP contribution >= 0.6 is 0 Å². The van der Waals surface area contributed by atoms with Crippen molar-refractivity contribution in [2.24, 2.45) is 5.92 Å². The van der Waals surface area contributed by atoms with Crippen LogP contribution < -0.4 is 0 Å². The Morgan fingerprint density at radius 2 is 1.77 bits per heavy atom. The molecular weight excluding hydrogens is 164 g/mol. The standard InChI is InChI=1S/C10H14.CH2O2/c1-9(2)8-10-6-4-3-5-7-10;2-1-3/h3-7,9H,8H2,1-2H3;1H,(H,2,3). The van der Waals surface area contributed by atoms with E-state index in [0.29, 0.717) is 0 Å². The highest BCUT2D eigenvalue weighted by Crippen LogP contribution is 2.05. The summed E-state index contributed by atoms with van der Waals surface area (Å²) in [4.78, 5) is 8.36. The molecule has 0 saturated carbocycles. The van der Waals surface area contributed by atoms with Gasteiger partial charge in [-0.2, -0.15) is 0 Å². The minimum atomic E-state index is -0.250. The molecule has 0 aliphatic rings. The number of carbonyl (C=O) groups is 1. The van der Waals surface area contributed by atoms with E-state index in [0.717, 1.165) is 5.92 Å². The van der Waals surface area contributed by atoms with Gasteiger partial charge in [0.25, 0.3) is 6.47 Å². The van der Waals surface area contributed by atoms with Gasteiger partial charge in [0.2, 0.25) is 0 Å². The van der Waals surface area contributed by atoms with E-state index in [1.807, 2.05) is 0 Å². The van der Waals surface area contributed by atoms with Crippen molar-refractivity contribution in [3.05, 3.63) is 35.9 Å². The maximum absolute atomic E-state index is 8.36. The van der Waals surface area contributed by atoms with Gasteiger partial charge >= 0.3 is 0 Å².